The largest absolute Gasteiger partial charge is 0.497 e. The Morgan fingerprint density at radius 1 is 0.965 bits per heavy atom. The number of ether oxygens (including phenoxy) is 4. The highest BCUT2D eigenvalue weighted by Crippen LogP contribution is 2.51. The van der Waals surface area contributed by atoms with Crippen molar-refractivity contribution >= 4 is 20.8 Å². The smallest absolute Gasteiger partial charge is 0.296 e. The Morgan fingerprint density at radius 3 is 2.07 bits per heavy atom. The zero-order valence-corrected chi connectivity index (χ0v) is 35.1. The van der Waals surface area contributed by atoms with E-state index in [2.05, 4.69) is 53.5 Å². The van der Waals surface area contributed by atoms with Crippen LogP contribution in [0.25, 0.3) is 0 Å². The first-order valence-electron chi connectivity index (χ1n) is 19.0. The Hall–Kier alpha value is -4.74. The summed E-state index contributed by atoms with van der Waals surface area (Å²) in [5.74, 6) is 1.51. The van der Waals surface area contributed by atoms with Gasteiger partial charge in [-0.2, -0.15) is 15.3 Å². The fourth-order valence-electron chi connectivity index (χ4n) is 6.72. The molecule has 1 unspecified atom stereocenters. The topological polar surface area (TPSA) is 146 Å². The minimum Gasteiger partial charge on any atom is -0.497 e. The Bertz CT molecular complexity index is 1950. The molecular weight excluding hydrogens is 745 g/mol. The van der Waals surface area contributed by atoms with E-state index in [4.69, 9.17) is 28.0 Å². The van der Waals surface area contributed by atoms with E-state index in [9.17, 15) is 10.1 Å². The highest BCUT2D eigenvalue weighted by molar-refractivity contribution is 7.44. The molecule has 1 fully saturated rings. The number of hydrogen-bond acceptors (Lipinski definition) is 12. The maximum absolute atomic E-state index is 12.7. The standard InChI is InChI=1S/C42H54N7O7P/c1-29(2)49(30(3)4)57(54-25-13-24-43)56-37-26-39(48-41(44-28-47(6)7)45-40(50)31(5)46-48)55-38(37)27-53-42(32-14-11-10-12-15-32,33-16-20-35(51-8)21-17-33)34-18-22-36(52-9)23-19-34/h10-12,14-23,28-30,37-39H,13,25-27H2,1-9H3/b44-28-/t37-,38+,39+,57?/m0/s1. The molecule has 15 heteroatoms. The molecule has 1 aromatic heterocycles. The number of hydrogen-bond donors (Lipinski definition) is 0. The Morgan fingerprint density at radius 2 is 1.54 bits per heavy atom. The normalized spacial score (nSPS) is 17.7. The summed E-state index contributed by atoms with van der Waals surface area (Å²) in [6.45, 7) is 10.2. The summed E-state index contributed by atoms with van der Waals surface area (Å²) >= 11 is 0. The molecule has 5 rings (SSSR count). The monoisotopic (exact) mass is 799 g/mol. The second-order valence-electron chi connectivity index (χ2n) is 14.3. The quantitative estimate of drug-likeness (QED) is 0.0312. The number of benzene rings is 3. The molecule has 0 spiro atoms. The lowest BCUT2D eigenvalue weighted by Crippen LogP contribution is -2.39. The summed E-state index contributed by atoms with van der Waals surface area (Å²) in [6, 6.07) is 28.0. The van der Waals surface area contributed by atoms with Gasteiger partial charge >= 0.3 is 0 Å². The van der Waals surface area contributed by atoms with Crippen LogP contribution < -0.4 is 15.0 Å². The van der Waals surface area contributed by atoms with Crippen LogP contribution >= 0.6 is 8.53 Å². The number of aliphatic imine (C=N–C) groups is 1. The van der Waals surface area contributed by atoms with Crippen molar-refractivity contribution in [3.05, 3.63) is 112 Å². The molecule has 304 valence electrons. The Kier molecular flexibility index (Phi) is 15.3. The maximum atomic E-state index is 12.7. The lowest BCUT2D eigenvalue weighted by Gasteiger charge is -2.39. The molecule has 0 aliphatic carbocycles. The first-order valence-corrected chi connectivity index (χ1v) is 20.1. The van der Waals surface area contributed by atoms with Gasteiger partial charge in [-0.3, -0.25) is 4.79 Å². The fraction of sp³-hybridized carbons (Fsp3) is 0.452. The van der Waals surface area contributed by atoms with Crippen molar-refractivity contribution in [3.63, 3.8) is 0 Å². The van der Waals surface area contributed by atoms with Crippen LogP contribution in [0, 0.1) is 18.3 Å². The van der Waals surface area contributed by atoms with Gasteiger partial charge in [0.25, 0.3) is 20.0 Å². The number of nitriles is 1. The molecule has 0 saturated carbocycles. The van der Waals surface area contributed by atoms with E-state index in [0.717, 1.165) is 16.7 Å². The van der Waals surface area contributed by atoms with Gasteiger partial charge in [0.15, 0.2) is 6.23 Å². The van der Waals surface area contributed by atoms with E-state index in [1.54, 1.807) is 32.4 Å². The van der Waals surface area contributed by atoms with E-state index < -0.39 is 38.1 Å². The Balaban J connectivity index is 1.63. The van der Waals surface area contributed by atoms with E-state index in [0.29, 0.717) is 17.9 Å². The number of nitrogens with zero attached hydrogens (tertiary/aromatic N) is 7. The van der Waals surface area contributed by atoms with Crippen LogP contribution in [0.3, 0.4) is 0 Å². The summed E-state index contributed by atoms with van der Waals surface area (Å²) < 4.78 is 42.3. The van der Waals surface area contributed by atoms with Crippen LogP contribution in [0.5, 0.6) is 11.5 Å². The Labute approximate surface area is 336 Å². The van der Waals surface area contributed by atoms with Crippen molar-refractivity contribution in [2.24, 2.45) is 4.99 Å². The van der Waals surface area contributed by atoms with Crippen LogP contribution in [-0.4, -0.2) is 96.5 Å². The molecule has 14 nitrogen and oxygen atoms in total. The minimum absolute atomic E-state index is 0.0573. The van der Waals surface area contributed by atoms with Gasteiger partial charge in [0.2, 0.25) is 0 Å². The summed E-state index contributed by atoms with van der Waals surface area (Å²) in [5, 5.41) is 14.0. The molecular formula is C42H54N7O7P. The SMILES string of the molecule is COc1ccc(C(OC[C@H]2O[C@@H](n3nc(C)c(=O)nc3/N=C\N(C)C)C[C@@H]2OP(OCCC#N)N(C(C)C)C(C)C)(c2ccccc2)c2ccc(OC)cc2)cc1. The third kappa shape index (κ3) is 10.4. The van der Waals surface area contributed by atoms with Crippen LogP contribution in [-0.2, 0) is 24.1 Å². The van der Waals surface area contributed by atoms with Gasteiger partial charge < -0.3 is 32.9 Å². The summed E-state index contributed by atoms with van der Waals surface area (Å²) in [5.41, 5.74) is 1.21. The molecule has 0 bridgehead atoms. The molecule has 0 radical (unpaired) electrons. The number of aryl methyl sites for hydroxylation is 1. The molecule has 2 heterocycles. The molecule has 57 heavy (non-hydrogen) atoms. The van der Waals surface area contributed by atoms with Crippen LogP contribution in [0.15, 0.2) is 88.6 Å². The summed E-state index contributed by atoms with van der Waals surface area (Å²) in [4.78, 5) is 23.2. The van der Waals surface area contributed by atoms with Crippen molar-refractivity contribution in [2.75, 3.05) is 41.5 Å². The van der Waals surface area contributed by atoms with E-state index >= 15 is 0 Å². The molecule has 1 saturated heterocycles. The molecule has 1 aliphatic rings. The molecule has 0 N–H and O–H groups in total. The first kappa shape index (κ1) is 43.4. The van der Waals surface area contributed by atoms with Crippen molar-refractivity contribution in [1.29, 1.82) is 5.26 Å². The summed E-state index contributed by atoms with van der Waals surface area (Å²) in [6.07, 6.45) is 0.0835. The third-order valence-electron chi connectivity index (χ3n) is 9.36. The third-order valence-corrected chi connectivity index (χ3v) is 11.5. The first-order chi connectivity index (χ1) is 27.4. The van der Waals surface area contributed by atoms with Gasteiger partial charge in [0.1, 0.15) is 28.9 Å². The van der Waals surface area contributed by atoms with E-state index in [-0.39, 0.29) is 43.4 Å². The maximum Gasteiger partial charge on any atom is 0.296 e. The van der Waals surface area contributed by atoms with Gasteiger partial charge in [-0.1, -0.05) is 54.6 Å². The van der Waals surface area contributed by atoms with Crippen molar-refractivity contribution in [2.45, 2.75) is 83.6 Å². The van der Waals surface area contributed by atoms with Gasteiger partial charge in [-0.25, -0.2) is 14.3 Å². The van der Waals surface area contributed by atoms with Crippen molar-refractivity contribution in [1.82, 2.24) is 24.3 Å². The van der Waals surface area contributed by atoms with Crippen LogP contribution in [0.4, 0.5) is 5.95 Å². The zero-order valence-electron chi connectivity index (χ0n) is 34.2. The average Bonchev–Trinajstić information content (AvgIpc) is 3.60. The fourth-order valence-corrected chi connectivity index (χ4v) is 8.48. The minimum atomic E-state index is -1.67. The predicted molar refractivity (Wildman–Crippen MR) is 220 cm³/mol. The molecule has 4 atom stereocenters. The van der Waals surface area contributed by atoms with Gasteiger partial charge in [0.05, 0.1) is 52.4 Å². The number of methoxy groups -OCH3 is 2. The molecule has 3 aromatic carbocycles. The second kappa shape index (κ2) is 20.1. The van der Waals surface area contributed by atoms with Crippen molar-refractivity contribution in [3.8, 4) is 17.6 Å². The van der Waals surface area contributed by atoms with Gasteiger partial charge in [-0.05, 0) is 75.6 Å². The predicted octanol–water partition coefficient (Wildman–Crippen LogP) is 7.14. The lowest BCUT2D eigenvalue weighted by atomic mass is 9.80. The highest BCUT2D eigenvalue weighted by Gasteiger charge is 2.45. The summed E-state index contributed by atoms with van der Waals surface area (Å²) in [7, 11) is 5.25. The molecule has 1 aliphatic heterocycles. The molecule has 0 amide bonds. The zero-order chi connectivity index (χ0) is 41.1. The van der Waals surface area contributed by atoms with Crippen molar-refractivity contribution < 1.29 is 28.0 Å². The second-order valence-corrected chi connectivity index (χ2v) is 15.7. The van der Waals surface area contributed by atoms with Gasteiger partial charge in [-0.15, -0.1) is 0 Å². The lowest BCUT2D eigenvalue weighted by molar-refractivity contribution is -0.0939. The van der Waals surface area contributed by atoms with Crippen LogP contribution in [0.2, 0.25) is 0 Å². The van der Waals surface area contributed by atoms with Gasteiger partial charge in [0, 0.05) is 32.6 Å². The van der Waals surface area contributed by atoms with Crippen LogP contribution in [0.1, 0.15) is 69.1 Å². The number of rotatable bonds is 19. The van der Waals surface area contributed by atoms with E-state index in [1.807, 2.05) is 93.0 Å². The number of aromatic nitrogens is 3. The highest BCUT2D eigenvalue weighted by atomic mass is 31.2. The van der Waals surface area contributed by atoms with E-state index in [1.165, 1.54) is 4.68 Å². The average molecular weight is 800 g/mol. The molecule has 4 aromatic rings.